The van der Waals surface area contributed by atoms with Crippen LogP contribution in [0.25, 0.3) is 0 Å². The maximum atomic E-state index is 11.7. The summed E-state index contributed by atoms with van der Waals surface area (Å²) < 4.78 is 5.50. The minimum absolute atomic E-state index is 0.172. The van der Waals surface area contributed by atoms with Crippen LogP contribution < -0.4 is 5.32 Å². The number of anilines is 1. The van der Waals surface area contributed by atoms with E-state index in [1.807, 2.05) is 30.3 Å². The van der Waals surface area contributed by atoms with Crippen molar-refractivity contribution < 1.29 is 14.3 Å². The Balaban J connectivity index is 1.96. The fraction of sp³-hybridized carbons (Fsp3) is 0.0714. The average molecular weight is 335 g/mol. The number of carbonyl (C=O) groups excluding carboxylic acids is 2. The molecule has 0 saturated carbocycles. The summed E-state index contributed by atoms with van der Waals surface area (Å²) in [4.78, 5) is 26.3. The Hall–Kier alpha value is -2.21. The lowest BCUT2D eigenvalue weighted by atomic mass is 10.2. The first kappa shape index (κ1) is 14.2. The minimum atomic E-state index is -0.612. The van der Waals surface area contributed by atoms with E-state index in [0.29, 0.717) is 22.1 Å². The predicted octanol–water partition coefficient (Wildman–Crippen LogP) is 3.41. The summed E-state index contributed by atoms with van der Waals surface area (Å²) in [5.41, 5.74) is 1.64. The molecule has 0 spiro atoms. The van der Waals surface area contributed by atoms with E-state index in [1.54, 1.807) is 0 Å². The lowest BCUT2D eigenvalue weighted by molar-refractivity contribution is 0.112. The largest absolute Gasteiger partial charge is 0.444 e. The summed E-state index contributed by atoms with van der Waals surface area (Å²) in [5, 5.41) is 2.53. The van der Waals surface area contributed by atoms with Crippen LogP contribution in [-0.4, -0.2) is 17.4 Å². The van der Waals surface area contributed by atoms with Gasteiger partial charge >= 0.3 is 6.09 Å². The molecule has 0 bridgehead atoms. The number of benzene rings is 1. The van der Waals surface area contributed by atoms with E-state index in [4.69, 9.17) is 4.74 Å². The number of nitrogens with one attached hydrogen (secondary N) is 1. The van der Waals surface area contributed by atoms with Gasteiger partial charge < -0.3 is 4.74 Å². The second kappa shape index (κ2) is 6.81. The molecule has 0 radical (unpaired) electrons. The first-order chi connectivity index (χ1) is 9.69. The standard InChI is InChI=1S/C14H11BrN2O3/c15-13-12(6-11(8-18)7-16-13)17-14(19)20-9-10-4-2-1-3-5-10/h1-8H,9H2,(H,17,19). The minimum Gasteiger partial charge on any atom is -0.444 e. The van der Waals surface area contributed by atoms with Crippen LogP contribution in [0.2, 0.25) is 0 Å². The van der Waals surface area contributed by atoms with Crippen LogP contribution in [0.4, 0.5) is 10.5 Å². The molecular formula is C14H11BrN2O3. The highest BCUT2D eigenvalue weighted by atomic mass is 79.9. The maximum absolute atomic E-state index is 11.7. The Morgan fingerprint density at radius 1 is 1.35 bits per heavy atom. The van der Waals surface area contributed by atoms with Gasteiger partial charge in [0.25, 0.3) is 0 Å². The highest BCUT2D eigenvalue weighted by molar-refractivity contribution is 9.10. The van der Waals surface area contributed by atoms with Crippen molar-refractivity contribution in [3.8, 4) is 0 Å². The number of hydrogen-bond acceptors (Lipinski definition) is 4. The molecule has 1 amide bonds. The molecule has 2 rings (SSSR count). The monoisotopic (exact) mass is 334 g/mol. The molecular weight excluding hydrogens is 324 g/mol. The van der Waals surface area contributed by atoms with Gasteiger partial charge in [0.1, 0.15) is 11.2 Å². The molecule has 0 unspecified atom stereocenters. The zero-order chi connectivity index (χ0) is 14.4. The van der Waals surface area contributed by atoms with Crippen molar-refractivity contribution in [2.24, 2.45) is 0 Å². The molecule has 1 aromatic heterocycles. The van der Waals surface area contributed by atoms with Gasteiger partial charge in [0.15, 0.2) is 6.29 Å². The lowest BCUT2D eigenvalue weighted by Crippen LogP contribution is -2.14. The molecule has 2 aromatic rings. The van der Waals surface area contributed by atoms with Gasteiger partial charge in [-0.3, -0.25) is 10.1 Å². The van der Waals surface area contributed by atoms with E-state index in [9.17, 15) is 9.59 Å². The molecule has 0 saturated heterocycles. The first-order valence-corrected chi connectivity index (χ1v) is 6.57. The number of amides is 1. The van der Waals surface area contributed by atoms with E-state index in [1.165, 1.54) is 12.3 Å². The highest BCUT2D eigenvalue weighted by Crippen LogP contribution is 2.20. The van der Waals surface area contributed by atoms with Crippen LogP contribution in [0.1, 0.15) is 15.9 Å². The van der Waals surface area contributed by atoms with Crippen LogP contribution in [0.15, 0.2) is 47.2 Å². The molecule has 0 fully saturated rings. The summed E-state index contributed by atoms with van der Waals surface area (Å²) in [6, 6.07) is 10.8. The zero-order valence-corrected chi connectivity index (χ0v) is 12.0. The quantitative estimate of drug-likeness (QED) is 0.687. The topological polar surface area (TPSA) is 68.3 Å². The molecule has 0 aliphatic rings. The van der Waals surface area contributed by atoms with Crippen molar-refractivity contribution in [3.05, 3.63) is 58.3 Å². The zero-order valence-electron chi connectivity index (χ0n) is 10.4. The second-order valence-electron chi connectivity index (χ2n) is 3.91. The van der Waals surface area contributed by atoms with Gasteiger partial charge in [0.05, 0.1) is 5.69 Å². The molecule has 1 heterocycles. The van der Waals surface area contributed by atoms with Gasteiger partial charge in [-0.05, 0) is 27.6 Å². The van der Waals surface area contributed by atoms with Crippen LogP contribution in [0, 0.1) is 0 Å². The average Bonchev–Trinajstić information content (AvgIpc) is 2.48. The van der Waals surface area contributed by atoms with Crippen molar-refractivity contribution >= 4 is 34.0 Å². The van der Waals surface area contributed by atoms with E-state index in [0.717, 1.165) is 5.56 Å². The molecule has 0 atom stereocenters. The van der Waals surface area contributed by atoms with Gasteiger partial charge in [0, 0.05) is 11.8 Å². The maximum Gasteiger partial charge on any atom is 0.412 e. The molecule has 102 valence electrons. The van der Waals surface area contributed by atoms with Crippen LogP contribution in [0.5, 0.6) is 0 Å². The number of carbonyl (C=O) groups is 2. The van der Waals surface area contributed by atoms with Crippen molar-refractivity contribution in [2.75, 3.05) is 5.32 Å². The molecule has 0 aliphatic heterocycles. The summed E-state index contributed by atoms with van der Waals surface area (Å²) in [6.07, 6.45) is 1.44. The first-order valence-electron chi connectivity index (χ1n) is 5.77. The van der Waals surface area contributed by atoms with E-state index < -0.39 is 6.09 Å². The number of nitrogens with zero attached hydrogens (tertiary/aromatic N) is 1. The van der Waals surface area contributed by atoms with E-state index >= 15 is 0 Å². The Bertz CT molecular complexity index is 617. The second-order valence-corrected chi connectivity index (χ2v) is 4.66. The van der Waals surface area contributed by atoms with Crippen molar-refractivity contribution in [2.45, 2.75) is 6.61 Å². The number of hydrogen-bond donors (Lipinski definition) is 1. The molecule has 6 heteroatoms. The van der Waals surface area contributed by atoms with E-state index in [2.05, 4.69) is 26.2 Å². The fourth-order valence-corrected chi connectivity index (χ4v) is 1.80. The Morgan fingerprint density at radius 2 is 2.10 bits per heavy atom. The summed E-state index contributed by atoms with van der Waals surface area (Å²) in [5.74, 6) is 0. The van der Waals surface area contributed by atoms with Crippen LogP contribution in [0.3, 0.4) is 0 Å². The van der Waals surface area contributed by atoms with Gasteiger partial charge in [0.2, 0.25) is 0 Å². The van der Waals surface area contributed by atoms with Crippen LogP contribution >= 0.6 is 15.9 Å². The Kier molecular flexibility index (Phi) is 4.84. The smallest absolute Gasteiger partial charge is 0.412 e. The SMILES string of the molecule is O=Cc1cnc(Br)c(NC(=O)OCc2ccccc2)c1. The molecule has 1 N–H and O–H groups in total. The third kappa shape index (κ3) is 3.89. The summed E-state index contributed by atoms with van der Waals surface area (Å²) in [7, 11) is 0. The number of halogens is 1. The van der Waals surface area contributed by atoms with Crippen LogP contribution in [-0.2, 0) is 11.3 Å². The van der Waals surface area contributed by atoms with Gasteiger partial charge in [-0.2, -0.15) is 0 Å². The highest BCUT2D eigenvalue weighted by Gasteiger charge is 2.08. The number of ether oxygens (including phenoxy) is 1. The van der Waals surface area contributed by atoms with E-state index in [-0.39, 0.29) is 6.61 Å². The van der Waals surface area contributed by atoms with Gasteiger partial charge in [-0.15, -0.1) is 0 Å². The Morgan fingerprint density at radius 3 is 2.80 bits per heavy atom. The predicted molar refractivity (Wildman–Crippen MR) is 77.6 cm³/mol. The van der Waals surface area contributed by atoms with Crippen molar-refractivity contribution in [1.29, 1.82) is 0 Å². The molecule has 1 aromatic carbocycles. The fourth-order valence-electron chi connectivity index (χ4n) is 1.49. The number of rotatable bonds is 4. The lowest BCUT2D eigenvalue weighted by Gasteiger charge is -2.08. The van der Waals surface area contributed by atoms with Crippen molar-refractivity contribution in [1.82, 2.24) is 4.98 Å². The molecule has 5 nitrogen and oxygen atoms in total. The van der Waals surface area contributed by atoms with Gasteiger partial charge in [-0.1, -0.05) is 30.3 Å². The molecule has 0 aliphatic carbocycles. The number of aldehydes is 1. The summed E-state index contributed by atoms with van der Waals surface area (Å²) >= 11 is 3.19. The third-order valence-corrected chi connectivity index (χ3v) is 3.08. The van der Waals surface area contributed by atoms with Gasteiger partial charge in [-0.25, -0.2) is 9.78 Å². The Labute approximate surface area is 124 Å². The normalized spacial score (nSPS) is 9.85. The summed E-state index contributed by atoms with van der Waals surface area (Å²) in [6.45, 7) is 0.172. The third-order valence-electron chi connectivity index (χ3n) is 2.45. The van der Waals surface area contributed by atoms with Crippen molar-refractivity contribution in [3.63, 3.8) is 0 Å². The number of pyridine rings is 1. The molecule has 20 heavy (non-hydrogen) atoms. The number of aromatic nitrogens is 1.